The van der Waals surface area contributed by atoms with Crippen LogP contribution in [0.25, 0.3) is 27.8 Å². The quantitative estimate of drug-likeness (QED) is 0.445. The molecule has 5 rings (SSSR count). The number of nitrogens with one attached hydrogen (secondary N) is 2. The van der Waals surface area contributed by atoms with Gasteiger partial charge in [0.05, 0.1) is 11.9 Å². The number of aromatic nitrogens is 4. The summed E-state index contributed by atoms with van der Waals surface area (Å²) < 4.78 is 3.46. The summed E-state index contributed by atoms with van der Waals surface area (Å²) in [6.45, 7) is 1.66. The average Bonchev–Trinajstić information content (AvgIpc) is 3.37. The van der Waals surface area contributed by atoms with Crippen molar-refractivity contribution in [3.8, 4) is 17.3 Å². The molecule has 10 heteroatoms. The van der Waals surface area contributed by atoms with E-state index in [9.17, 15) is 20.0 Å². The molecule has 3 aromatic heterocycles. The number of amides is 1. The Labute approximate surface area is 188 Å². The van der Waals surface area contributed by atoms with Crippen molar-refractivity contribution in [2.24, 2.45) is 0 Å². The summed E-state index contributed by atoms with van der Waals surface area (Å²) in [6, 6.07) is 9.80. The number of nitrogens with zero attached hydrogens (tertiary/aromatic N) is 5. The minimum absolute atomic E-state index is 0.140. The maximum Gasteiger partial charge on any atom is 0.221 e. The molecule has 1 fully saturated rings. The summed E-state index contributed by atoms with van der Waals surface area (Å²) in [5, 5.41) is 31.9. The van der Waals surface area contributed by atoms with Crippen LogP contribution in [0.15, 0.2) is 36.7 Å². The van der Waals surface area contributed by atoms with E-state index in [0.717, 1.165) is 35.1 Å². The highest BCUT2D eigenvalue weighted by Crippen LogP contribution is 2.35. The minimum Gasteiger partial charge on any atom is -0.550 e. The van der Waals surface area contributed by atoms with Crippen molar-refractivity contribution < 1.29 is 14.7 Å². The third-order valence-electron chi connectivity index (χ3n) is 5.56. The third-order valence-corrected chi connectivity index (χ3v) is 5.56. The lowest BCUT2D eigenvalue weighted by atomic mass is 10.1. The Bertz CT molecular complexity index is 1460. The van der Waals surface area contributed by atoms with Crippen LogP contribution in [0.1, 0.15) is 31.7 Å². The predicted octanol–water partition coefficient (Wildman–Crippen LogP) is 1.90. The van der Waals surface area contributed by atoms with Gasteiger partial charge >= 0.3 is 0 Å². The molecule has 0 spiro atoms. The summed E-state index contributed by atoms with van der Waals surface area (Å²) in [5.74, 6) is -0.602. The van der Waals surface area contributed by atoms with Gasteiger partial charge in [-0.1, -0.05) is 0 Å². The van der Waals surface area contributed by atoms with Gasteiger partial charge < -0.3 is 25.1 Å². The molecule has 1 aliphatic carbocycles. The Balaban J connectivity index is 1.71. The first kappa shape index (κ1) is 20.5. The smallest absolute Gasteiger partial charge is 0.221 e. The topological polar surface area (TPSA) is 140 Å². The number of carbonyl (C=O) groups excluding carboxylic acids is 2. The number of hydrogen-bond donors (Lipinski definition) is 2. The number of rotatable bonds is 7. The highest BCUT2D eigenvalue weighted by atomic mass is 16.4. The maximum atomic E-state index is 11.6. The Morgan fingerprint density at radius 2 is 2.12 bits per heavy atom. The molecule has 0 unspecified atom stereocenters. The van der Waals surface area contributed by atoms with Gasteiger partial charge in [-0.05, 0) is 31.0 Å². The van der Waals surface area contributed by atoms with Crippen molar-refractivity contribution in [2.45, 2.75) is 38.8 Å². The molecule has 1 saturated carbocycles. The largest absolute Gasteiger partial charge is 0.550 e. The van der Waals surface area contributed by atoms with Gasteiger partial charge in [-0.25, -0.2) is 4.98 Å². The lowest BCUT2D eigenvalue weighted by molar-refractivity contribution is -0.305. The van der Waals surface area contributed by atoms with Gasteiger partial charge in [0.15, 0.2) is 5.65 Å². The van der Waals surface area contributed by atoms with Crippen molar-refractivity contribution in [3.05, 3.63) is 42.2 Å². The number of carboxylic acids is 1. The molecule has 1 aliphatic rings. The van der Waals surface area contributed by atoms with E-state index < -0.39 is 5.97 Å². The fourth-order valence-electron chi connectivity index (χ4n) is 3.90. The highest BCUT2D eigenvalue weighted by Gasteiger charge is 2.24. The number of benzene rings is 1. The Kier molecular flexibility index (Phi) is 4.94. The predicted molar refractivity (Wildman–Crippen MR) is 119 cm³/mol. The van der Waals surface area contributed by atoms with E-state index in [1.807, 2.05) is 29.0 Å². The van der Waals surface area contributed by atoms with Crippen molar-refractivity contribution in [1.82, 2.24) is 19.2 Å². The summed E-state index contributed by atoms with van der Waals surface area (Å²) in [4.78, 5) is 27.4. The van der Waals surface area contributed by atoms with Gasteiger partial charge in [0.25, 0.3) is 0 Å². The molecule has 1 amide bonds. The standard InChI is InChI=1S/C23H21N7O3/c1-13(31)26-16-4-5-20-17(8-16)18(12-29(20)7-6-22(32)33)19-9-21(27-15-2-3-15)30-23(28-19)14(10-24)11-25-30/h4-5,8-9,11-12,15,27H,2-3,6-7H2,1H3,(H,26,31)(H,32,33)/p-1. The second kappa shape index (κ2) is 7.94. The Morgan fingerprint density at radius 1 is 1.30 bits per heavy atom. The van der Waals surface area contributed by atoms with E-state index >= 15 is 0 Å². The van der Waals surface area contributed by atoms with Gasteiger partial charge in [-0.2, -0.15) is 14.9 Å². The monoisotopic (exact) mass is 442 g/mol. The van der Waals surface area contributed by atoms with Crippen LogP contribution in [0.3, 0.4) is 0 Å². The first-order valence-electron chi connectivity index (χ1n) is 10.6. The van der Waals surface area contributed by atoms with Gasteiger partial charge in [0, 0.05) is 66.3 Å². The molecule has 0 radical (unpaired) electrons. The fraction of sp³-hybridized carbons (Fsp3) is 0.261. The minimum atomic E-state index is -1.14. The van der Waals surface area contributed by atoms with Crippen molar-refractivity contribution in [2.75, 3.05) is 10.6 Å². The van der Waals surface area contributed by atoms with Gasteiger partial charge in [0.1, 0.15) is 17.5 Å². The zero-order valence-corrected chi connectivity index (χ0v) is 17.8. The van der Waals surface area contributed by atoms with Crippen molar-refractivity contribution >= 4 is 39.9 Å². The van der Waals surface area contributed by atoms with E-state index in [2.05, 4.69) is 21.8 Å². The van der Waals surface area contributed by atoms with Crippen LogP contribution >= 0.6 is 0 Å². The molecule has 4 aromatic rings. The van der Waals surface area contributed by atoms with Gasteiger partial charge in [-0.15, -0.1) is 0 Å². The number of hydrogen-bond acceptors (Lipinski definition) is 7. The molecular formula is C23H20N7O3-. The van der Waals surface area contributed by atoms with E-state index in [-0.39, 0.29) is 18.9 Å². The van der Waals surface area contributed by atoms with E-state index in [1.54, 1.807) is 10.6 Å². The maximum absolute atomic E-state index is 11.6. The second-order valence-electron chi connectivity index (χ2n) is 8.12. The lowest BCUT2D eigenvalue weighted by Gasteiger charge is -2.10. The number of carboxylic acid groups (broad SMARTS) is 1. The summed E-state index contributed by atoms with van der Waals surface area (Å²) in [5.41, 5.74) is 3.57. The molecular weight excluding hydrogens is 422 g/mol. The molecule has 0 atom stereocenters. The number of anilines is 2. The molecule has 166 valence electrons. The summed E-state index contributed by atoms with van der Waals surface area (Å²) in [7, 11) is 0. The van der Waals surface area contributed by atoms with Crippen LogP contribution in [-0.2, 0) is 16.1 Å². The zero-order valence-electron chi connectivity index (χ0n) is 17.8. The molecule has 33 heavy (non-hydrogen) atoms. The summed E-state index contributed by atoms with van der Waals surface area (Å²) >= 11 is 0. The molecule has 0 aliphatic heterocycles. The molecule has 0 saturated heterocycles. The SMILES string of the molecule is CC(=O)Nc1ccc2c(c1)c(-c1cc(NC3CC3)n3ncc(C#N)c3n1)cn2CCC(=O)[O-]. The number of aryl methyl sites for hydroxylation is 1. The first-order chi connectivity index (χ1) is 15.9. The van der Waals surface area contributed by atoms with E-state index in [0.29, 0.717) is 28.6 Å². The molecule has 2 N–H and O–H groups in total. The van der Waals surface area contributed by atoms with Gasteiger partial charge in [-0.3, -0.25) is 4.79 Å². The molecule has 0 bridgehead atoms. The van der Waals surface area contributed by atoms with Crippen LogP contribution < -0.4 is 15.7 Å². The first-order valence-corrected chi connectivity index (χ1v) is 10.6. The number of aliphatic carboxylic acids is 1. The fourth-order valence-corrected chi connectivity index (χ4v) is 3.90. The molecule has 10 nitrogen and oxygen atoms in total. The molecule has 1 aromatic carbocycles. The van der Waals surface area contributed by atoms with Crippen molar-refractivity contribution in [1.29, 1.82) is 5.26 Å². The van der Waals surface area contributed by atoms with Crippen LogP contribution in [0.4, 0.5) is 11.5 Å². The zero-order chi connectivity index (χ0) is 23.1. The van der Waals surface area contributed by atoms with Crippen LogP contribution in [-0.4, -0.2) is 37.1 Å². The number of nitriles is 1. The van der Waals surface area contributed by atoms with E-state index in [1.165, 1.54) is 13.1 Å². The number of carbonyl (C=O) groups is 2. The normalized spacial score (nSPS) is 13.2. The Hall–Kier alpha value is -4.39. The van der Waals surface area contributed by atoms with Crippen LogP contribution in [0, 0.1) is 11.3 Å². The summed E-state index contributed by atoms with van der Waals surface area (Å²) in [6.07, 6.45) is 5.32. The average molecular weight is 442 g/mol. The van der Waals surface area contributed by atoms with Crippen molar-refractivity contribution in [3.63, 3.8) is 0 Å². The third kappa shape index (κ3) is 3.96. The van der Waals surface area contributed by atoms with Crippen LogP contribution in [0.5, 0.6) is 0 Å². The van der Waals surface area contributed by atoms with E-state index in [4.69, 9.17) is 4.98 Å². The van der Waals surface area contributed by atoms with Gasteiger partial charge in [0.2, 0.25) is 5.91 Å². The van der Waals surface area contributed by atoms with Crippen LogP contribution in [0.2, 0.25) is 0 Å². The highest BCUT2D eigenvalue weighted by molar-refractivity contribution is 6.00. The lowest BCUT2D eigenvalue weighted by Crippen LogP contribution is -2.23. The number of fused-ring (bicyclic) bond motifs is 2. The Morgan fingerprint density at radius 3 is 2.82 bits per heavy atom. The second-order valence-corrected chi connectivity index (χ2v) is 8.12. The molecule has 3 heterocycles.